The molecule has 3 amide bonds. The lowest BCUT2D eigenvalue weighted by Gasteiger charge is -2.33. The largest absolute Gasteiger partial charge is 0.394 e. The number of amides is 3. The Bertz CT molecular complexity index is 908. The third-order valence-corrected chi connectivity index (χ3v) is 7.10. The number of hydrogen-bond acceptors (Lipinski definition) is 6. The molecule has 180 valence electrons. The van der Waals surface area contributed by atoms with E-state index in [1.165, 1.54) is 0 Å². The number of epoxide rings is 1. The summed E-state index contributed by atoms with van der Waals surface area (Å²) in [4.78, 5) is 43.1. The van der Waals surface area contributed by atoms with E-state index in [-0.39, 0.29) is 17.7 Å². The Hall–Kier alpha value is -2.49. The minimum Gasteiger partial charge on any atom is -0.394 e. The summed E-state index contributed by atoms with van der Waals surface area (Å²) in [5, 5.41) is 21.5. The van der Waals surface area contributed by atoms with Crippen LogP contribution in [-0.4, -0.2) is 82.9 Å². The van der Waals surface area contributed by atoms with Gasteiger partial charge in [0.25, 0.3) is 5.91 Å². The van der Waals surface area contributed by atoms with E-state index in [2.05, 4.69) is 5.32 Å². The summed E-state index contributed by atoms with van der Waals surface area (Å²) >= 11 is 0. The van der Waals surface area contributed by atoms with E-state index in [4.69, 9.17) is 9.84 Å². The van der Waals surface area contributed by atoms with Crippen molar-refractivity contribution in [1.29, 1.82) is 0 Å². The number of nitrogens with one attached hydrogen (secondary N) is 1. The van der Waals surface area contributed by atoms with Gasteiger partial charge in [0.15, 0.2) is 6.10 Å². The van der Waals surface area contributed by atoms with Crippen LogP contribution in [0, 0.1) is 5.92 Å². The SMILES string of the molecule is CCC(C)[C@H](NC(=O)[C@H]1O[C@@H]1[C@H](O)CO)C(=O)N1CCC[C@H]1C(=O)N1CCc2ccccc21. The fourth-order valence-electron chi connectivity index (χ4n) is 4.86. The number of aliphatic hydroxyl groups is 2. The molecule has 3 N–H and O–H groups in total. The summed E-state index contributed by atoms with van der Waals surface area (Å²) in [6.45, 7) is 4.41. The molecule has 0 spiro atoms. The normalized spacial score (nSPS) is 26.5. The molecule has 9 heteroatoms. The van der Waals surface area contributed by atoms with Crippen LogP contribution in [-0.2, 0) is 25.5 Å². The Kier molecular flexibility index (Phi) is 7.02. The van der Waals surface area contributed by atoms with E-state index in [1.54, 1.807) is 9.80 Å². The van der Waals surface area contributed by atoms with Crippen LogP contribution < -0.4 is 10.2 Å². The van der Waals surface area contributed by atoms with Crippen LogP contribution in [0.5, 0.6) is 0 Å². The molecule has 3 aliphatic rings. The van der Waals surface area contributed by atoms with Crippen molar-refractivity contribution in [3.8, 4) is 0 Å². The maximum absolute atomic E-state index is 13.6. The lowest BCUT2D eigenvalue weighted by molar-refractivity contribution is -0.142. The van der Waals surface area contributed by atoms with Crippen molar-refractivity contribution in [2.75, 3.05) is 24.6 Å². The van der Waals surface area contributed by atoms with Crippen LogP contribution in [0.3, 0.4) is 0 Å². The standard InChI is InChI=1S/C24H33N3O6/c1-3-14(2)19(25-22(30)21-20(33-21)18(29)13-28)24(32)26-11-6-9-17(26)23(31)27-12-10-15-7-4-5-8-16(15)27/h4-5,7-8,14,17-21,28-29H,3,6,9-13H2,1-2H3,(H,25,30)/t14?,17-,18+,19-,20+,21-/m0/s1. The van der Waals surface area contributed by atoms with E-state index < -0.39 is 42.9 Å². The highest BCUT2D eigenvalue weighted by Gasteiger charge is 2.51. The van der Waals surface area contributed by atoms with Crippen LogP contribution in [0.25, 0.3) is 0 Å². The predicted molar refractivity (Wildman–Crippen MR) is 120 cm³/mol. The number of carbonyl (C=O) groups is 3. The molecule has 0 radical (unpaired) electrons. The third-order valence-electron chi connectivity index (χ3n) is 7.10. The van der Waals surface area contributed by atoms with Gasteiger partial charge < -0.3 is 30.1 Å². The summed E-state index contributed by atoms with van der Waals surface area (Å²) in [6, 6.07) is 6.50. The molecule has 9 nitrogen and oxygen atoms in total. The van der Waals surface area contributed by atoms with Crippen molar-refractivity contribution in [3.05, 3.63) is 29.8 Å². The minimum atomic E-state index is -1.14. The second-order valence-electron chi connectivity index (χ2n) is 9.20. The molecule has 6 atom stereocenters. The summed E-state index contributed by atoms with van der Waals surface area (Å²) in [5.41, 5.74) is 2.04. The van der Waals surface area contributed by atoms with Crippen molar-refractivity contribution in [2.24, 2.45) is 5.92 Å². The first-order chi connectivity index (χ1) is 15.9. The number of likely N-dealkylation sites (tertiary alicyclic amines) is 1. The fraction of sp³-hybridized carbons (Fsp3) is 0.625. The molecule has 0 bridgehead atoms. The summed E-state index contributed by atoms with van der Waals surface area (Å²) in [7, 11) is 0. The minimum absolute atomic E-state index is 0.0725. The Morgan fingerprint density at radius 3 is 2.73 bits per heavy atom. The van der Waals surface area contributed by atoms with Crippen LogP contribution in [0.1, 0.15) is 38.7 Å². The number of hydrogen-bond donors (Lipinski definition) is 3. The smallest absolute Gasteiger partial charge is 0.252 e. The van der Waals surface area contributed by atoms with Crippen molar-refractivity contribution >= 4 is 23.4 Å². The average Bonchev–Trinajstić information content (AvgIpc) is 3.28. The molecule has 1 aromatic carbocycles. The van der Waals surface area contributed by atoms with Gasteiger partial charge in [0, 0.05) is 18.8 Å². The maximum atomic E-state index is 13.6. The number of anilines is 1. The van der Waals surface area contributed by atoms with E-state index in [1.807, 2.05) is 38.1 Å². The molecule has 33 heavy (non-hydrogen) atoms. The fourth-order valence-corrected chi connectivity index (χ4v) is 4.86. The summed E-state index contributed by atoms with van der Waals surface area (Å²) < 4.78 is 5.20. The lowest BCUT2D eigenvalue weighted by Crippen LogP contribution is -2.56. The molecule has 2 saturated heterocycles. The second kappa shape index (κ2) is 9.79. The molecule has 1 aromatic rings. The van der Waals surface area contributed by atoms with Crippen LogP contribution in [0.2, 0.25) is 0 Å². The first-order valence-corrected chi connectivity index (χ1v) is 11.8. The summed E-state index contributed by atoms with van der Waals surface area (Å²) in [5.74, 6) is -0.968. The number of ether oxygens (including phenoxy) is 1. The van der Waals surface area contributed by atoms with Crippen LogP contribution in [0.4, 0.5) is 5.69 Å². The van der Waals surface area contributed by atoms with Crippen LogP contribution in [0.15, 0.2) is 24.3 Å². The zero-order valence-corrected chi connectivity index (χ0v) is 19.1. The highest BCUT2D eigenvalue weighted by molar-refractivity contribution is 6.02. The monoisotopic (exact) mass is 459 g/mol. The van der Waals surface area contributed by atoms with E-state index in [9.17, 15) is 19.5 Å². The first kappa shape index (κ1) is 23.7. The number of benzene rings is 1. The van der Waals surface area contributed by atoms with E-state index in [0.29, 0.717) is 25.9 Å². The van der Waals surface area contributed by atoms with Gasteiger partial charge in [-0.05, 0) is 36.8 Å². The Labute approximate surface area is 193 Å². The Morgan fingerprint density at radius 1 is 1.24 bits per heavy atom. The van der Waals surface area contributed by atoms with Crippen molar-refractivity contribution in [3.63, 3.8) is 0 Å². The van der Waals surface area contributed by atoms with Gasteiger partial charge in [0.1, 0.15) is 24.3 Å². The topological polar surface area (TPSA) is 123 Å². The van der Waals surface area contributed by atoms with Crippen LogP contribution >= 0.6 is 0 Å². The van der Waals surface area contributed by atoms with Gasteiger partial charge in [-0.15, -0.1) is 0 Å². The molecule has 3 heterocycles. The number of nitrogens with zero attached hydrogens (tertiary/aromatic N) is 2. The molecular formula is C24H33N3O6. The number of fused-ring (bicyclic) bond motifs is 1. The van der Waals surface area contributed by atoms with Gasteiger partial charge in [-0.25, -0.2) is 0 Å². The number of para-hydroxylation sites is 1. The molecular weight excluding hydrogens is 426 g/mol. The van der Waals surface area contributed by atoms with Gasteiger partial charge in [-0.3, -0.25) is 14.4 Å². The van der Waals surface area contributed by atoms with Crippen molar-refractivity contribution in [1.82, 2.24) is 10.2 Å². The highest BCUT2D eigenvalue weighted by atomic mass is 16.6. The summed E-state index contributed by atoms with van der Waals surface area (Å²) in [6.07, 6.45) is 0.00813. The van der Waals surface area contributed by atoms with Gasteiger partial charge in [0.05, 0.1) is 6.61 Å². The zero-order chi connectivity index (χ0) is 23.7. The number of carbonyl (C=O) groups excluding carboxylic acids is 3. The van der Waals surface area contributed by atoms with Crippen molar-refractivity contribution in [2.45, 2.75) is 69.9 Å². The van der Waals surface area contributed by atoms with E-state index in [0.717, 1.165) is 24.1 Å². The molecule has 2 fully saturated rings. The number of aliphatic hydroxyl groups excluding tert-OH is 2. The maximum Gasteiger partial charge on any atom is 0.252 e. The quantitative estimate of drug-likeness (QED) is 0.478. The molecule has 0 aliphatic carbocycles. The van der Waals surface area contributed by atoms with Gasteiger partial charge in [-0.1, -0.05) is 38.5 Å². The first-order valence-electron chi connectivity index (χ1n) is 11.8. The van der Waals surface area contributed by atoms with Gasteiger partial charge in [-0.2, -0.15) is 0 Å². The lowest BCUT2D eigenvalue weighted by atomic mass is 9.97. The molecule has 1 unspecified atom stereocenters. The average molecular weight is 460 g/mol. The highest BCUT2D eigenvalue weighted by Crippen LogP contribution is 2.31. The number of rotatable bonds is 8. The van der Waals surface area contributed by atoms with Gasteiger partial charge >= 0.3 is 0 Å². The molecule has 0 saturated carbocycles. The molecule has 3 aliphatic heterocycles. The third kappa shape index (κ3) is 4.62. The molecule has 4 rings (SSSR count). The van der Waals surface area contributed by atoms with Gasteiger partial charge in [0.2, 0.25) is 11.8 Å². The Morgan fingerprint density at radius 2 is 2.00 bits per heavy atom. The Balaban J connectivity index is 1.47. The predicted octanol–water partition coefficient (Wildman–Crippen LogP) is 0.218. The van der Waals surface area contributed by atoms with Crippen molar-refractivity contribution < 1.29 is 29.3 Å². The molecule has 0 aromatic heterocycles. The zero-order valence-electron chi connectivity index (χ0n) is 19.1. The van der Waals surface area contributed by atoms with E-state index >= 15 is 0 Å². The second-order valence-corrected chi connectivity index (χ2v) is 9.20.